The number of hydrogen-bond donors (Lipinski definition) is 0. The molecule has 1 saturated heterocycles. The number of rotatable bonds is 3. The molecular formula is C18H26O3. The minimum Gasteiger partial charge on any atom is -0.497 e. The Morgan fingerprint density at radius 1 is 0.905 bits per heavy atom. The average molecular weight is 290 g/mol. The third-order valence-electron chi connectivity index (χ3n) is 5.04. The summed E-state index contributed by atoms with van der Waals surface area (Å²) in [5.41, 5.74) is 1.08. The van der Waals surface area contributed by atoms with Crippen LogP contribution in [0, 0.1) is 17.8 Å². The van der Waals surface area contributed by atoms with E-state index in [9.17, 15) is 0 Å². The third kappa shape index (κ3) is 3.58. The topological polar surface area (TPSA) is 27.7 Å². The summed E-state index contributed by atoms with van der Waals surface area (Å²) in [5.74, 6) is 3.13. The molecule has 0 atom stereocenters. The molecule has 3 rings (SSSR count). The summed E-state index contributed by atoms with van der Waals surface area (Å²) >= 11 is 0. The van der Waals surface area contributed by atoms with Crippen LogP contribution in [0.5, 0.6) is 5.75 Å². The van der Waals surface area contributed by atoms with Crippen LogP contribution in [0.2, 0.25) is 0 Å². The Hall–Kier alpha value is -1.06. The summed E-state index contributed by atoms with van der Waals surface area (Å²) in [5, 5.41) is 0. The van der Waals surface area contributed by atoms with Crippen LogP contribution in [0.4, 0.5) is 0 Å². The summed E-state index contributed by atoms with van der Waals surface area (Å²) in [4.78, 5) is 0. The standard InChI is InChI=1S/C18H26O3/c1-13-3-5-14(6-4-13)16-11-20-18(21-12-16)15-7-9-17(19-2)10-8-15/h7-10,13-14,16,18H,3-6,11-12H2,1-2H3. The second kappa shape index (κ2) is 6.80. The normalized spacial score (nSPS) is 33.6. The van der Waals surface area contributed by atoms with Crippen molar-refractivity contribution in [2.75, 3.05) is 20.3 Å². The molecule has 2 fully saturated rings. The second-order valence-corrected chi connectivity index (χ2v) is 6.55. The van der Waals surface area contributed by atoms with E-state index in [2.05, 4.69) is 6.92 Å². The first-order valence-electron chi connectivity index (χ1n) is 8.13. The molecule has 0 amide bonds. The molecule has 1 aliphatic carbocycles. The predicted molar refractivity (Wildman–Crippen MR) is 82.3 cm³/mol. The molecule has 2 aliphatic rings. The molecule has 1 heterocycles. The van der Waals surface area contributed by atoms with Crippen molar-refractivity contribution in [3.05, 3.63) is 29.8 Å². The maximum Gasteiger partial charge on any atom is 0.183 e. The fourth-order valence-corrected chi connectivity index (χ4v) is 3.50. The highest BCUT2D eigenvalue weighted by atomic mass is 16.7. The Morgan fingerprint density at radius 2 is 1.52 bits per heavy atom. The van der Waals surface area contributed by atoms with Gasteiger partial charge in [-0.1, -0.05) is 31.9 Å². The smallest absolute Gasteiger partial charge is 0.183 e. The highest BCUT2D eigenvalue weighted by Crippen LogP contribution is 2.37. The minimum absolute atomic E-state index is 0.213. The lowest BCUT2D eigenvalue weighted by Gasteiger charge is -2.37. The van der Waals surface area contributed by atoms with Crippen molar-refractivity contribution >= 4 is 0 Å². The van der Waals surface area contributed by atoms with Crippen LogP contribution >= 0.6 is 0 Å². The second-order valence-electron chi connectivity index (χ2n) is 6.55. The SMILES string of the molecule is COc1ccc(C2OCC(C3CCC(C)CC3)CO2)cc1. The van der Waals surface area contributed by atoms with Crippen molar-refractivity contribution in [1.82, 2.24) is 0 Å². The van der Waals surface area contributed by atoms with E-state index in [-0.39, 0.29) is 6.29 Å². The van der Waals surface area contributed by atoms with Gasteiger partial charge in [-0.15, -0.1) is 0 Å². The number of benzene rings is 1. The van der Waals surface area contributed by atoms with E-state index in [4.69, 9.17) is 14.2 Å². The van der Waals surface area contributed by atoms with Gasteiger partial charge in [0.05, 0.1) is 20.3 Å². The van der Waals surface area contributed by atoms with E-state index in [0.717, 1.165) is 36.4 Å². The monoisotopic (exact) mass is 290 g/mol. The van der Waals surface area contributed by atoms with Gasteiger partial charge in [-0.25, -0.2) is 0 Å². The van der Waals surface area contributed by atoms with Gasteiger partial charge in [-0.3, -0.25) is 0 Å². The first kappa shape index (κ1) is 14.9. The van der Waals surface area contributed by atoms with E-state index in [1.807, 2.05) is 24.3 Å². The van der Waals surface area contributed by atoms with Crippen molar-refractivity contribution in [3.63, 3.8) is 0 Å². The van der Waals surface area contributed by atoms with Crippen LogP contribution in [-0.4, -0.2) is 20.3 Å². The molecule has 1 aliphatic heterocycles. The van der Waals surface area contributed by atoms with E-state index >= 15 is 0 Å². The summed E-state index contributed by atoms with van der Waals surface area (Å²) in [6.45, 7) is 4.02. The first-order valence-corrected chi connectivity index (χ1v) is 8.13. The van der Waals surface area contributed by atoms with Crippen LogP contribution < -0.4 is 4.74 Å². The molecule has 0 unspecified atom stereocenters. The Bertz CT molecular complexity index is 426. The van der Waals surface area contributed by atoms with Crippen molar-refractivity contribution in [2.24, 2.45) is 17.8 Å². The van der Waals surface area contributed by atoms with Crippen LogP contribution in [-0.2, 0) is 9.47 Å². The molecule has 116 valence electrons. The van der Waals surface area contributed by atoms with Crippen LogP contribution in [0.1, 0.15) is 44.5 Å². The van der Waals surface area contributed by atoms with Crippen LogP contribution in [0.3, 0.4) is 0 Å². The summed E-state index contributed by atoms with van der Waals surface area (Å²) < 4.78 is 17.1. The van der Waals surface area contributed by atoms with Crippen molar-refractivity contribution in [2.45, 2.75) is 38.9 Å². The van der Waals surface area contributed by atoms with Gasteiger partial charge in [0.25, 0.3) is 0 Å². The molecule has 0 radical (unpaired) electrons. The molecule has 0 N–H and O–H groups in total. The van der Waals surface area contributed by atoms with Gasteiger partial charge >= 0.3 is 0 Å². The van der Waals surface area contributed by atoms with Crippen molar-refractivity contribution in [3.8, 4) is 5.75 Å². The Kier molecular flexibility index (Phi) is 4.81. The molecular weight excluding hydrogens is 264 g/mol. The summed E-state index contributed by atoms with van der Waals surface area (Å²) in [6.07, 6.45) is 5.19. The zero-order chi connectivity index (χ0) is 14.7. The fourth-order valence-electron chi connectivity index (χ4n) is 3.50. The molecule has 0 bridgehead atoms. The lowest BCUT2D eigenvalue weighted by molar-refractivity contribution is -0.214. The van der Waals surface area contributed by atoms with Gasteiger partial charge in [-0.2, -0.15) is 0 Å². The van der Waals surface area contributed by atoms with Crippen LogP contribution in [0.25, 0.3) is 0 Å². The molecule has 3 nitrogen and oxygen atoms in total. The van der Waals surface area contributed by atoms with Gasteiger partial charge in [0.1, 0.15) is 5.75 Å². The maximum absolute atomic E-state index is 5.97. The highest BCUT2D eigenvalue weighted by Gasteiger charge is 2.31. The quantitative estimate of drug-likeness (QED) is 0.835. The molecule has 1 aromatic rings. The fraction of sp³-hybridized carbons (Fsp3) is 0.667. The Morgan fingerprint density at radius 3 is 2.10 bits per heavy atom. The van der Waals surface area contributed by atoms with Gasteiger partial charge in [-0.05, 0) is 36.8 Å². The van der Waals surface area contributed by atoms with Gasteiger partial charge in [0, 0.05) is 11.5 Å². The number of methoxy groups -OCH3 is 1. The first-order chi connectivity index (χ1) is 10.3. The summed E-state index contributed by atoms with van der Waals surface area (Å²) in [6, 6.07) is 7.95. The van der Waals surface area contributed by atoms with E-state index in [1.54, 1.807) is 7.11 Å². The Labute approximate surface area is 127 Å². The largest absolute Gasteiger partial charge is 0.497 e. The van der Waals surface area contributed by atoms with E-state index in [1.165, 1.54) is 25.7 Å². The molecule has 3 heteroatoms. The van der Waals surface area contributed by atoms with Crippen molar-refractivity contribution in [1.29, 1.82) is 0 Å². The molecule has 0 spiro atoms. The van der Waals surface area contributed by atoms with Gasteiger partial charge < -0.3 is 14.2 Å². The summed E-state index contributed by atoms with van der Waals surface area (Å²) in [7, 11) is 1.68. The van der Waals surface area contributed by atoms with Crippen LogP contribution in [0.15, 0.2) is 24.3 Å². The minimum atomic E-state index is -0.213. The van der Waals surface area contributed by atoms with Gasteiger partial charge in [0.2, 0.25) is 0 Å². The molecule has 0 aromatic heterocycles. The molecule has 1 aromatic carbocycles. The zero-order valence-corrected chi connectivity index (χ0v) is 13.1. The number of ether oxygens (including phenoxy) is 3. The number of hydrogen-bond acceptors (Lipinski definition) is 3. The maximum atomic E-state index is 5.97. The van der Waals surface area contributed by atoms with E-state index < -0.39 is 0 Å². The molecule has 1 saturated carbocycles. The predicted octanol–water partition coefficient (Wildman–Crippen LogP) is 4.18. The van der Waals surface area contributed by atoms with E-state index in [0.29, 0.717) is 5.92 Å². The third-order valence-corrected chi connectivity index (χ3v) is 5.04. The van der Waals surface area contributed by atoms with Crippen molar-refractivity contribution < 1.29 is 14.2 Å². The van der Waals surface area contributed by atoms with Gasteiger partial charge in [0.15, 0.2) is 6.29 Å². The average Bonchev–Trinajstić information content (AvgIpc) is 2.56. The highest BCUT2D eigenvalue weighted by molar-refractivity contribution is 5.27. The molecule has 21 heavy (non-hydrogen) atoms. The Balaban J connectivity index is 1.52. The lowest BCUT2D eigenvalue weighted by Crippen LogP contribution is -2.34. The lowest BCUT2D eigenvalue weighted by atomic mass is 9.76. The zero-order valence-electron chi connectivity index (χ0n) is 13.1.